The van der Waals surface area contributed by atoms with E-state index in [1.165, 1.54) is 11.3 Å². The number of aromatic nitrogens is 1. The number of nitrogens with zero attached hydrogens (tertiary/aromatic N) is 1. The van der Waals surface area contributed by atoms with Crippen molar-refractivity contribution in [3.8, 4) is 0 Å². The lowest BCUT2D eigenvalue weighted by atomic mass is 9.95. The average Bonchev–Trinajstić information content (AvgIpc) is 2.86. The van der Waals surface area contributed by atoms with Gasteiger partial charge in [0.1, 0.15) is 5.01 Å². The molecule has 1 aromatic heterocycles. The molecule has 116 valence electrons. The predicted molar refractivity (Wildman–Crippen MR) is 80.2 cm³/mol. The number of nitrogens with one attached hydrogen (secondary N) is 2. The van der Waals surface area contributed by atoms with Crippen LogP contribution in [0, 0.1) is 5.92 Å². The molecule has 1 heterocycles. The predicted octanol–water partition coefficient (Wildman–Crippen LogP) is 2.54. The van der Waals surface area contributed by atoms with Crippen LogP contribution in [0.25, 0.3) is 0 Å². The van der Waals surface area contributed by atoms with Crippen molar-refractivity contribution in [2.45, 2.75) is 51.1 Å². The minimum absolute atomic E-state index is 0.181. The zero-order valence-electron chi connectivity index (χ0n) is 12.0. The Morgan fingerprint density at radius 1 is 1.38 bits per heavy atom. The Bertz CT molecular complexity index is 478. The van der Waals surface area contributed by atoms with Crippen LogP contribution in [0.4, 0.5) is 4.79 Å². The minimum atomic E-state index is -0.824. The molecule has 3 unspecified atom stereocenters. The molecule has 1 fully saturated rings. The molecule has 0 bridgehead atoms. The number of carboxylic acid groups (broad SMARTS) is 1. The van der Waals surface area contributed by atoms with Gasteiger partial charge in [0.2, 0.25) is 0 Å². The molecule has 1 aromatic rings. The van der Waals surface area contributed by atoms with Crippen molar-refractivity contribution in [3.05, 3.63) is 16.6 Å². The summed E-state index contributed by atoms with van der Waals surface area (Å²) in [7, 11) is 0. The van der Waals surface area contributed by atoms with E-state index in [0.717, 1.165) is 30.7 Å². The van der Waals surface area contributed by atoms with E-state index in [9.17, 15) is 14.7 Å². The van der Waals surface area contributed by atoms with Crippen molar-refractivity contribution in [3.63, 3.8) is 0 Å². The summed E-state index contributed by atoms with van der Waals surface area (Å²) in [6, 6.07) is -0.802. The Morgan fingerprint density at radius 2 is 2.14 bits per heavy atom. The second-order valence-corrected chi connectivity index (χ2v) is 6.33. The Kier molecular flexibility index (Phi) is 5.55. The van der Waals surface area contributed by atoms with Crippen LogP contribution in [-0.2, 0) is 4.79 Å². The van der Waals surface area contributed by atoms with E-state index in [1.807, 2.05) is 12.3 Å². The van der Waals surface area contributed by atoms with Crippen molar-refractivity contribution in [2.24, 2.45) is 5.92 Å². The molecule has 21 heavy (non-hydrogen) atoms. The minimum Gasteiger partial charge on any atom is -0.481 e. The summed E-state index contributed by atoms with van der Waals surface area (Å²) in [5, 5.41) is 17.6. The fraction of sp³-hybridized carbons (Fsp3) is 0.643. The van der Waals surface area contributed by atoms with Gasteiger partial charge in [0.25, 0.3) is 0 Å². The van der Waals surface area contributed by atoms with Gasteiger partial charge in [-0.2, -0.15) is 0 Å². The SMILES string of the molecule is CC(NC(=O)NC1CCCCCC1C(=O)O)c1nccs1. The van der Waals surface area contributed by atoms with E-state index in [4.69, 9.17) is 0 Å². The summed E-state index contributed by atoms with van der Waals surface area (Å²) in [6.45, 7) is 1.86. The largest absolute Gasteiger partial charge is 0.481 e. The zero-order valence-corrected chi connectivity index (χ0v) is 12.9. The van der Waals surface area contributed by atoms with Crippen LogP contribution in [0.1, 0.15) is 50.1 Å². The van der Waals surface area contributed by atoms with E-state index in [1.54, 1.807) is 6.20 Å². The second kappa shape index (κ2) is 7.40. The first-order valence-corrected chi connectivity index (χ1v) is 8.15. The van der Waals surface area contributed by atoms with Gasteiger partial charge in [-0.3, -0.25) is 4.79 Å². The van der Waals surface area contributed by atoms with Crippen molar-refractivity contribution in [1.82, 2.24) is 15.6 Å². The average molecular weight is 311 g/mol. The molecule has 3 N–H and O–H groups in total. The third-order valence-electron chi connectivity index (χ3n) is 3.82. The number of hydrogen-bond acceptors (Lipinski definition) is 4. The molecular weight excluding hydrogens is 290 g/mol. The normalized spacial score (nSPS) is 23.9. The lowest BCUT2D eigenvalue weighted by Gasteiger charge is -2.24. The molecule has 7 heteroatoms. The van der Waals surface area contributed by atoms with E-state index in [-0.39, 0.29) is 18.1 Å². The third kappa shape index (κ3) is 4.42. The number of carbonyl (C=O) groups is 2. The number of urea groups is 1. The Labute approximate surface area is 128 Å². The lowest BCUT2D eigenvalue weighted by molar-refractivity contribution is -0.142. The highest BCUT2D eigenvalue weighted by Gasteiger charge is 2.30. The van der Waals surface area contributed by atoms with Gasteiger partial charge in [-0.25, -0.2) is 9.78 Å². The fourth-order valence-corrected chi connectivity index (χ4v) is 3.34. The van der Waals surface area contributed by atoms with Crippen LogP contribution in [0.3, 0.4) is 0 Å². The lowest BCUT2D eigenvalue weighted by Crippen LogP contribution is -2.47. The van der Waals surface area contributed by atoms with Crippen LogP contribution in [0.15, 0.2) is 11.6 Å². The molecule has 0 radical (unpaired) electrons. The van der Waals surface area contributed by atoms with Crippen molar-refractivity contribution in [2.75, 3.05) is 0 Å². The third-order valence-corrected chi connectivity index (χ3v) is 4.78. The first-order chi connectivity index (χ1) is 10.1. The molecule has 1 aliphatic carbocycles. The monoisotopic (exact) mass is 311 g/mol. The summed E-state index contributed by atoms with van der Waals surface area (Å²) in [6.07, 6.45) is 5.93. The molecule has 2 rings (SSSR count). The Hall–Kier alpha value is -1.63. The number of hydrogen-bond donors (Lipinski definition) is 3. The number of thiazole rings is 1. The molecular formula is C14H21N3O3S. The Morgan fingerprint density at radius 3 is 2.81 bits per heavy atom. The van der Waals surface area contributed by atoms with Gasteiger partial charge in [-0.05, 0) is 19.8 Å². The highest BCUT2D eigenvalue weighted by atomic mass is 32.1. The first-order valence-electron chi connectivity index (χ1n) is 7.27. The first kappa shape index (κ1) is 15.8. The van der Waals surface area contributed by atoms with Gasteiger partial charge in [0, 0.05) is 17.6 Å². The number of carbonyl (C=O) groups excluding carboxylic acids is 1. The molecule has 2 amide bonds. The maximum absolute atomic E-state index is 12.1. The van der Waals surface area contributed by atoms with E-state index >= 15 is 0 Å². The molecule has 1 aliphatic rings. The Balaban J connectivity index is 1.91. The van der Waals surface area contributed by atoms with E-state index in [0.29, 0.717) is 6.42 Å². The zero-order chi connectivity index (χ0) is 15.2. The van der Waals surface area contributed by atoms with Crippen molar-refractivity contribution >= 4 is 23.3 Å². The van der Waals surface area contributed by atoms with Gasteiger partial charge in [0.15, 0.2) is 0 Å². The van der Waals surface area contributed by atoms with Crippen LogP contribution >= 0.6 is 11.3 Å². The van der Waals surface area contributed by atoms with Gasteiger partial charge < -0.3 is 15.7 Å². The van der Waals surface area contributed by atoms with Crippen molar-refractivity contribution in [1.29, 1.82) is 0 Å². The summed E-state index contributed by atoms with van der Waals surface area (Å²) in [4.78, 5) is 27.5. The number of rotatable bonds is 4. The van der Waals surface area contributed by atoms with E-state index in [2.05, 4.69) is 15.6 Å². The van der Waals surface area contributed by atoms with Crippen LogP contribution in [-0.4, -0.2) is 28.1 Å². The molecule has 6 nitrogen and oxygen atoms in total. The highest BCUT2D eigenvalue weighted by Crippen LogP contribution is 2.24. The van der Waals surface area contributed by atoms with Crippen LogP contribution < -0.4 is 10.6 Å². The quantitative estimate of drug-likeness (QED) is 0.745. The maximum atomic E-state index is 12.1. The maximum Gasteiger partial charge on any atom is 0.315 e. The van der Waals surface area contributed by atoms with Crippen molar-refractivity contribution < 1.29 is 14.7 Å². The fourth-order valence-electron chi connectivity index (χ4n) is 2.69. The summed E-state index contributed by atoms with van der Waals surface area (Å²) >= 11 is 1.48. The molecule has 1 saturated carbocycles. The standard InChI is InChI=1S/C14H21N3O3S/c1-9(12-15-7-8-21-12)16-14(20)17-11-6-4-2-3-5-10(11)13(18)19/h7-11H,2-6H2,1H3,(H,18,19)(H2,16,17,20). The number of amides is 2. The van der Waals surface area contributed by atoms with E-state index < -0.39 is 11.9 Å². The topological polar surface area (TPSA) is 91.3 Å². The van der Waals surface area contributed by atoms with Crippen LogP contribution in [0.5, 0.6) is 0 Å². The summed E-state index contributed by atoms with van der Waals surface area (Å²) in [5.41, 5.74) is 0. The molecule has 0 saturated heterocycles. The molecule has 0 aromatic carbocycles. The van der Waals surface area contributed by atoms with Gasteiger partial charge in [0.05, 0.1) is 12.0 Å². The number of carboxylic acids is 1. The summed E-state index contributed by atoms with van der Waals surface area (Å²) < 4.78 is 0. The molecule has 3 atom stereocenters. The van der Waals surface area contributed by atoms with Gasteiger partial charge >= 0.3 is 12.0 Å². The van der Waals surface area contributed by atoms with Crippen LogP contribution in [0.2, 0.25) is 0 Å². The highest BCUT2D eigenvalue weighted by molar-refractivity contribution is 7.09. The molecule has 0 spiro atoms. The summed E-state index contributed by atoms with van der Waals surface area (Å²) in [5.74, 6) is -1.32. The van der Waals surface area contributed by atoms with Gasteiger partial charge in [-0.15, -0.1) is 11.3 Å². The number of aliphatic carboxylic acids is 1. The molecule has 0 aliphatic heterocycles. The van der Waals surface area contributed by atoms with Gasteiger partial charge in [-0.1, -0.05) is 19.3 Å². The second-order valence-electron chi connectivity index (χ2n) is 5.40. The smallest absolute Gasteiger partial charge is 0.315 e.